The number of benzene rings is 4. The second-order valence-corrected chi connectivity index (χ2v) is 23.1. The van der Waals surface area contributed by atoms with E-state index in [0.717, 1.165) is 25.9 Å². The molecule has 0 saturated carbocycles. The van der Waals surface area contributed by atoms with Crippen LogP contribution < -0.4 is 9.47 Å². The highest BCUT2D eigenvalue weighted by molar-refractivity contribution is 6.30. The van der Waals surface area contributed by atoms with Gasteiger partial charge in [0.25, 0.3) is 11.8 Å². The number of hydrogen-bond donors (Lipinski definition) is 0. The number of rotatable bonds is 24. The third-order valence-corrected chi connectivity index (χ3v) is 15.5. The summed E-state index contributed by atoms with van der Waals surface area (Å²) >= 11 is 0. The topological polar surface area (TPSA) is 155 Å². The zero-order valence-electron chi connectivity index (χ0n) is 48.6. The van der Waals surface area contributed by atoms with Crippen molar-refractivity contribution < 1.29 is 65.9 Å². The molecule has 0 aliphatic carbocycles. The Hall–Kier alpha value is -6.02. The van der Waals surface area contributed by atoms with Gasteiger partial charge in [-0.3, -0.25) is 9.59 Å². The van der Waals surface area contributed by atoms with Crippen molar-refractivity contribution in [3.63, 3.8) is 0 Å². The lowest BCUT2D eigenvalue weighted by Gasteiger charge is -2.40. The van der Waals surface area contributed by atoms with Gasteiger partial charge in [-0.2, -0.15) is 0 Å². The van der Waals surface area contributed by atoms with Gasteiger partial charge in [0.1, 0.15) is 23.1 Å². The number of amides is 2. The predicted octanol–water partition coefficient (Wildman–Crippen LogP) is 9.97. The molecule has 4 aromatic carbocycles. The Kier molecular flexibility index (Phi) is 23.1. The normalized spacial score (nSPS) is 21.1. The van der Waals surface area contributed by atoms with E-state index in [1.54, 1.807) is 82.6 Å². The third kappa shape index (κ3) is 18.5. The first kappa shape index (κ1) is 62.0. The minimum atomic E-state index is -1.66. The summed E-state index contributed by atoms with van der Waals surface area (Å²) < 4.78 is 76.5. The molecule has 4 aromatic rings. The van der Waals surface area contributed by atoms with Gasteiger partial charge in [0.15, 0.2) is 12.6 Å². The zero-order valence-corrected chi connectivity index (χ0v) is 48.6. The molecule has 4 fully saturated rings. The van der Waals surface area contributed by atoms with Crippen molar-refractivity contribution in [2.24, 2.45) is 11.8 Å². The van der Waals surface area contributed by atoms with E-state index in [0.29, 0.717) is 114 Å². The van der Waals surface area contributed by atoms with Crippen LogP contribution in [0.5, 0.6) is 11.5 Å². The van der Waals surface area contributed by atoms with Crippen LogP contribution in [0.1, 0.15) is 127 Å². The van der Waals surface area contributed by atoms with Gasteiger partial charge in [-0.05, 0) is 124 Å². The van der Waals surface area contributed by atoms with Crippen LogP contribution in [-0.2, 0) is 60.7 Å². The van der Waals surface area contributed by atoms with Gasteiger partial charge in [0.05, 0.1) is 38.6 Å². The fraction of sp³-hybridized carbons (Fsp3) is 0.562. The summed E-state index contributed by atoms with van der Waals surface area (Å²) in [6.07, 6.45) is 1.74. The largest absolute Gasteiger partial charge is 0.493 e. The number of nitrogens with zero attached hydrogens (tertiary/aromatic N) is 4. The molecule has 0 spiro atoms. The molecule has 8 rings (SSSR count). The highest BCUT2D eigenvalue weighted by atomic mass is 19.1. The highest BCUT2D eigenvalue weighted by Gasteiger charge is 2.41. The number of ether oxygens (including phenoxy) is 8. The fourth-order valence-corrected chi connectivity index (χ4v) is 10.7. The summed E-state index contributed by atoms with van der Waals surface area (Å²) in [5.74, 6) is -3.54. The standard InChI is InChI=1S/C64H84F2N4O12/c1-43(2)41-77-55-19-11-49(12-20-55)59(61(71)69(39-47-7-15-51(65)16-8-47)53-23-31-67(32-24-53)35-27-57-75-37-29-45(5)79-57)81-63(73)64(74)82-60(50-13-21-56(22-14-50)78-42-44(3)4)62(72)70(40-48-9-17-52(66)18-10-48)54-25-33-68(34-26-54)36-28-58-76-38-30-46(6)80-58/h7-22,43-46,53-54,57-60H,23-42H2,1-6H3. The van der Waals surface area contributed by atoms with Crippen molar-refractivity contribution in [1.29, 1.82) is 0 Å². The van der Waals surface area contributed by atoms with Crippen molar-refractivity contribution in [2.75, 3.05) is 65.7 Å². The third-order valence-electron chi connectivity index (χ3n) is 15.5. The molecule has 0 aromatic heterocycles. The lowest BCUT2D eigenvalue weighted by molar-refractivity contribution is -0.211. The second-order valence-electron chi connectivity index (χ2n) is 23.1. The van der Waals surface area contributed by atoms with Gasteiger partial charge in [-0.25, -0.2) is 18.4 Å². The molecule has 2 amide bonds. The summed E-state index contributed by atoms with van der Waals surface area (Å²) in [5, 5.41) is 0. The van der Waals surface area contributed by atoms with Crippen LogP contribution in [0.3, 0.4) is 0 Å². The highest BCUT2D eigenvalue weighted by Crippen LogP contribution is 2.32. The molecule has 6 atom stereocenters. The van der Waals surface area contributed by atoms with E-state index in [9.17, 15) is 18.4 Å². The van der Waals surface area contributed by atoms with Crippen LogP contribution in [0, 0.1) is 23.5 Å². The van der Waals surface area contributed by atoms with Crippen molar-refractivity contribution in [1.82, 2.24) is 19.6 Å². The van der Waals surface area contributed by atoms with Gasteiger partial charge in [-0.1, -0.05) is 76.2 Å². The lowest BCUT2D eigenvalue weighted by Crippen LogP contribution is -2.50. The molecule has 4 saturated heterocycles. The van der Waals surface area contributed by atoms with E-state index in [4.69, 9.17) is 37.9 Å². The number of carbonyl (C=O) groups is 4. The molecule has 82 heavy (non-hydrogen) atoms. The van der Waals surface area contributed by atoms with Gasteiger partial charge < -0.3 is 57.5 Å². The first-order chi connectivity index (χ1) is 39.5. The SMILES string of the molecule is CC(C)COc1ccc(C(OC(=O)C(=O)OC(C(=O)N(Cc2ccc(F)cc2)C2CCN(CCC3OCCC(C)O3)CC2)c2ccc(OCC(C)C)cc2)C(=O)N(Cc2ccc(F)cc2)C2CCN(CCC3OCCC(C)O3)CC2)cc1. The number of esters is 2. The van der Waals surface area contributed by atoms with Crippen LogP contribution in [-0.4, -0.2) is 146 Å². The molecule has 4 aliphatic heterocycles. The van der Waals surface area contributed by atoms with Crippen LogP contribution in [0.25, 0.3) is 0 Å². The van der Waals surface area contributed by atoms with Crippen molar-refractivity contribution in [3.05, 3.63) is 131 Å². The molecule has 0 N–H and O–H groups in total. The van der Waals surface area contributed by atoms with E-state index < -0.39 is 47.6 Å². The average Bonchev–Trinajstić information content (AvgIpc) is 3.53. The molecule has 16 nitrogen and oxygen atoms in total. The number of hydrogen-bond acceptors (Lipinski definition) is 14. The number of carbonyl (C=O) groups excluding carboxylic acids is 4. The Labute approximate surface area is 482 Å². The second kappa shape index (κ2) is 30.5. The number of likely N-dealkylation sites (tertiary alicyclic amines) is 2. The van der Waals surface area contributed by atoms with Gasteiger partial charge in [0.2, 0.25) is 12.2 Å². The number of piperidine rings is 2. The first-order valence-electron chi connectivity index (χ1n) is 29.5. The van der Waals surface area contributed by atoms with Crippen LogP contribution in [0.15, 0.2) is 97.1 Å². The Morgan fingerprint density at radius 2 is 0.878 bits per heavy atom. The Morgan fingerprint density at radius 3 is 1.21 bits per heavy atom. The summed E-state index contributed by atoms with van der Waals surface area (Å²) in [6.45, 7) is 18.6. The Morgan fingerprint density at radius 1 is 0.524 bits per heavy atom. The average molecular weight is 1140 g/mol. The van der Waals surface area contributed by atoms with E-state index in [1.165, 1.54) is 24.3 Å². The van der Waals surface area contributed by atoms with Crippen LogP contribution in [0.2, 0.25) is 0 Å². The maximum Gasteiger partial charge on any atom is 0.418 e. The molecule has 18 heteroatoms. The van der Waals surface area contributed by atoms with E-state index in [2.05, 4.69) is 9.80 Å². The summed E-state index contributed by atoms with van der Waals surface area (Å²) in [4.78, 5) is 68.0. The molecular weight excluding hydrogens is 1050 g/mol. The summed E-state index contributed by atoms with van der Waals surface area (Å²) in [6, 6.07) is 24.3. The molecule has 0 bridgehead atoms. The molecule has 0 radical (unpaired) electrons. The maximum absolute atomic E-state index is 15.4. The van der Waals surface area contributed by atoms with Gasteiger partial charge >= 0.3 is 11.9 Å². The molecule has 4 heterocycles. The van der Waals surface area contributed by atoms with Crippen LogP contribution >= 0.6 is 0 Å². The molecule has 4 aliphatic rings. The van der Waals surface area contributed by atoms with E-state index in [-0.39, 0.29) is 72.9 Å². The molecular formula is C64H84F2N4O12. The Balaban J connectivity index is 1.06. The van der Waals surface area contributed by atoms with E-state index >= 15 is 9.59 Å². The summed E-state index contributed by atoms with van der Waals surface area (Å²) in [7, 11) is 0. The minimum Gasteiger partial charge on any atom is -0.493 e. The predicted molar refractivity (Wildman–Crippen MR) is 303 cm³/mol. The molecule has 6 unspecified atom stereocenters. The van der Waals surface area contributed by atoms with Crippen molar-refractivity contribution in [2.45, 2.75) is 155 Å². The fourth-order valence-electron chi connectivity index (χ4n) is 10.7. The maximum atomic E-state index is 15.4. The van der Waals surface area contributed by atoms with Crippen molar-refractivity contribution >= 4 is 23.8 Å². The summed E-state index contributed by atoms with van der Waals surface area (Å²) in [5.41, 5.74) is 1.83. The quantitative estimate of drug-likeness (QED) is 0.0483. The monoisotopic (exact) mass is 1140 g/mol. The van der Waals surface area contributed by atoms with Gasteiger partial charge in [-0.15, -0.1) is 0 Å². The lowest BCUT2D eigenvalue weighted by atomic mass is 9.99. The first-order valence-corrected chi connectivity index (χ1v) is 29.5. The zero-order chi connectivity index (χ0) is 58.1. The van der Waals surface area contributed by atoms with Crippen LogP contribution in [0.4, 0.5) is 8.78 Å². The molecule has 446 valence electrons. The minimum absolute atomic E-state index is 0.0540. The smallest absolute Gasteiger partial charge is 0.418 e. The van der Waals surface area contributed by atoms with Gasteiger partial charge in [0, 0.05) is 88.4 Å². The Bertz CT molecular complexity index is 2450. The number of halogens is 2. The van der Waals surface area contributed by atoms with Crippen molar-refractivity contribution in [3.8, 4) is 11.5 Å². The van der Waals surface area contributed by atoms with E-state index in [1.807, 2.05) is 41.5 Å².